The lowest BCUT2D eigenvalue weighted by Gasteiger charge is -2.31. The van der Waals surface area contributed by atoms with E-state index in [0.717, 1.165) is 13.1 Å². The molecule has 0 spiro atoms. The Morgan fingerprint density at radius 2 is 1.59 bits per heavy atom. The molecule has 0 fully saturated rings. The fraction of sp³-hybridized carbons (Fsp3) is 0.400. The van der Waals surface area contributed by atoms with Crippen LogP contribution in [0.3, 0.4) is 0 Å². The number of hydrogen-bond donors (Lipinski definition) is 1. The van der Waals surface area contributed by atoms with E-state index in [9.17, 15) is 0 Å². The third-order valence-electron chi connectivity index (χ3n) is 5.46. The van der Waals surface area contributed by atoms with Crippen molar-refractivity contribution >= 4 is 12.4 Å². The van der Waals surface area contributed by atoms with Crippen molar-refractivity contribution in [1.29, 1.82) is 0 Å². The number of halogens is 1. The summed E-state index contributed by atoms with van der Waals surface area (Å²) in [5.41, 5.74) is 6.66. The molecule has 0 aromatic heterocycles. The third-order valence-corrected chi connectivity index (χ3v) is 5.46. The summed E-state index contributed by atoms with van der Waals surface area (Å²) < 4.78 is 0. The first-order chi connectivity index (χ1) is 10.4. The summed E-state index contributed by atoms with van der Waals surface area (Å²) in [6.07, 6.45) is 3.81. The minimum Gasteiger partial charge on any atom is -0.317 e. The maximum atomic E-state index is 3.48. The summed E-state index contributed by atoms with van der Waals surface area (Å²) in [5, 5.41) is 3.48. The molecule has 0 radical (unpaired) electrons. The van der Waals surface area contributed by atoms with E-state index >= 15 is 0 Å². The van der Waals surface area contributed by atoms with Crippen LogP contribution in [0.4, 0.5) is 0 Å². The van der Waals surface area contributed by atoms with E-state index in [1.807, 2.05) is 0 Å². The Morgan fingerprint density at radius 1 is 1.00 bits per heavy atom. The Bertz CT molecular complexity index is 617. The van der Waals surface area contributed by atoms with Gasteiger partial charge >= 0.3 is 0 Å². The minimum absolute atomic E-state index is 0. The standard InChI is InChI=1S/C20H23N.ClH/c1-2-21-13-7-12-20-14-17(15-8-3-5-10-18(15)20)16-9-4-6-11-19(16)20;/h3-6,8-11,17,21H,2,7,12-14H2,1H3;1H. The molecule has 116 valence electrons. The van der Waals surface area contributed by atoms with Crippen molar-refractivity contribution in [2.24, 2.45) is 0 Å². The number of fused-ring (bicyclic) bond motifs is 8. The van der Waals surface area contributed by atoms with Crippen molar-refractivity contribution in [3.63, 3.8) is 0 Å². The Hall–Kier alpha value is -1.31. The molecule has 1 nitrogen and oxygen atoms in total. The van der Waals surface area contributed by atoms with Crippen LogP contribution in [0.2, 0.25) is 0 Å². The largest absolute Gasteiger partial charge is 0.317 e. The van der Waals surface area contributed by atoms with Crippen molar-refractivity contribution in [1.82, 2.24) is 5.32 Å². The second-order valence-electron chi connectivity index (χ2n) is 6.47. The maximum Gasteiger partial charge on any atom is 0.0218 e. The highest BCUT2D eigenvalue weighted by Gasteiger charge is 2.51. The van der Waals surface area contributed by atoms with Gasteiger partial charge in [0.1, 0.15) is 0 Å². The van der Waals surface area contributed by atoms with Crippen LogP contribution in [0.1, 0.15) is 54.4 Å². The first-order valence-corrected chi connectivity index (χ1v) is 8.26. The molecule has 2 aliphatic carbocycles. The summed E-state index contributed by atoms with van der Waals surface area (Å²) in [7, 11) is 0. The van der Waals surface area contributed by atoms with Gasteiger partial charge in [0.2, 0.25) is 0 Å². The van der Waals surface area contributed by atoms with E-state index in [-0.39, 0.29) is 17.8 Å². The molecule has 0 heterocycles. The second kappa shape index (κ2) is 6.06. The van der Waals surface area contributed by atoms with Gasteiger partial charge in [0, 0.05) is 11.3 Å². The predicted molar refractivity (Wildman–Crippen MR) is 95.1 cm³/mol. The molecule has 2 aromatic rings. The average Bonchev–Trinajstić information content (AvgIpc) is 3.05. The lowest BCUT2D eigenvalue weighted by molar-refractivity contribution is 0.459. The normalized spacial score (nSPS) is 23.8. The summed E-state index contributed by atoms with van der Waals surface area (Å²) >= 11 is 0. The van der Waals surface area contributed by atoms with Crippen LogP contribution in [-0.2, 0) is 5.41 Å². The number of benzene rings is 2. The molecule has 0 atom stereocenters. The number of hydrogen-bond acceptors (Lipinski definition) is 1. The van der Waals surface area contributed by atoms with E-state index in [4.69, 9.17) is 0 Å². The topological polar surface area (TPSA) is 12.0 Å². The summed E-state index contributed by atoms with van der Waals surface area (Å²) in [5.74, 6) is 0.636. The monoisotopic (exact) mass is 313 g/mol. The first kappa shape index (κ1) is 15.6. The third kappa shape index (κ3) is 2.11. The lowest BCUT2D eigenvalue weighted by atomic mass is 9.72. The van der Waals surface area contributed by atoms with Gasteiger partial charge in [-0.05, 0) is 54.6 Å². The van der Waals surface area contributed by atoms with Crippen molar-refractivity contribution < 1.29 is 0 Å². The van der Waals surface area contributed by atoms with E-state index in [1.165, 1.54) is 19.3 Å². The average molecular weight is 314 g/mol. The van der Waals surface area contributed by atoms with E-state index in [0.29, 0.717) is 5.92 Å². The maximum absolute atomic E-state index is 3.48. The molecule has 2 bridgehead atoms. The molecule has 1 N–H and O–H groups in total. The quantitative estimate of drug-likeness (QED) is 0.793. The zero-order chi connectivity index (χ0) is 14.3. The Labute approximate surface area is 139 Å². The van der Waals surface area contributed by atoms with E-state index in [1.54, 1.807) is 22.3 Å². The van der Waals surface area contributed by atoms with Crippen LogP contribution in [0.5, 0.6) is 0 Å². The van der Waals surface area contributed by atoms with Gasteiger partial charge in [0.05, 0.1) is 0 Å². The molecule has 0 saturated heterocycles. The highest BCUT2D eigenvalue weighted by Crippen LogP contribution is 2.61. The highest BCUT2D eigenvalue weighted by atomic mass is 35.5. The molecule has 22 heavy (non-hydrogen) atoms. The van der Waals surface area contributed by atoms with Crippen LogP contribution in [0, 0.1) is 0 Å². The summed E-state index contributed by atoms with van der Waals surface area (Å²) in [4.78, 5) is 0. The smallest absolute Gasteiger partial charge is 0.0218 e. The molecular formula is C20H24ClN. The molecule has 4 rings (SSSR count). The predicted octanol–water partition coefficient (Wildman–Crippen LogP) is 4.63. The molecule has 0 saturated carbocycles. The van der Waals surface area contributed by atoms with Crippen LogP contribution in [0.15, 0.2) is 48.5 Å². The molecule has 0 unspecified atom stereocenters. The number of nitrogens with one attached hydrogen (secondary N) is 1. The van der Waals surface area contributed by atoms with Crippen LogP contribution >= 0.6 is 12.4 Å². The molecule has 2 heteroatoms. The van der Waals surface area contributed by atoms with Gasteiger partial charge in [-0.25, -0.2) is 0 Å². The Balaban J connectivity index is 0.00000144. The van der Waals surface area contributed by atoms with E-state index in [2.05, 4.69) is 60.8 Å². The fourth-order valence-electron chi connectivity index (χ4n) is 4.64. The van der Waals surface area contributed by atoms with Crippen LogP contribution in [-0.4, -0.2) is 13.1 Å². The van der Waals surface area contributed by atoms with Crippen molar-refractivity contribution in [3.05, 3.63) is 70.8 Å². The lowest BCUT2D eigenvalue weighted by Crippen LogP contribution is -2.26. The van der Waals surface area contributed by atoms with Gasteiger partial charge in [-0.1, -0.05) is 55.5 Å². The highest BCUT2D eigenvalue weighted by molar-refractivity contribution is 5.85. The zero-order valence-corrected chi connectivity index (χ0v) is 14.0. The Kier molecular flexibility index (Phi) is 4.29. The van der Waals surface area contributed by atoms with Crippen molar-refractivity contribution in [2.45, 2.75) is 37.5 Å². The second-order valence-corrected chi connectivity index (χ2v) is 6.47. The Morgan fingerprint density at radius 3 is 2.18 bits per heavy atom. The zero-order valence-electron chi connectivity index (χ0n) is 13.1. The fourth-order valence-corrected chi connectivity index (χ4v) is 4.64. The molecule has 0 aliphatic heterocycles. The molecule has 2 aromatic carbocycles. The van der Waals surface area contributed by atoms with Gasteiger partial charge in [0.25, 0.3) is 0 Å². The van der Waals surface area contributed by atoms with Crippen LogP contribution < -0.4 is 5.32 Å². The van der Waals surface area contributed by atoms with Crippen molar-refractivity contribution in [2.75, 3.05) is 13.1 Å². The van der Waals surface area contributed by atoms with Gasteiger partial charge in [-0.15, -0.1) is 12.4 Å². The summed E-state index contributed by atoms with van der Waals surface area (Å²) in [6.45, 7) is 4.39. The van der Waals surface area contributed by atoms with Gasteiger partial charge in [0.15, 0.2) is 0 Å². The SMILES string of the molecule is CCNCCCC12CC(c3ccccc31)c1ccccc12.Cl. The number of rotatable bonds is 5. The molecular weight excluding hydrogens is 290 g/mol. The summed E-state index contributed by atoms with van der Waals surface area (Å²) in [6, 6.07) is 18.3. The van der Waals surface area contributed by atoms with Gasteiger partial charge in [-0.3, -0.25) is 0 Å². The first-order valence-electron chi connectivity index (χ1n) is 8.26. The van der Waals surface area contributed by atoms with Crippen molar-refractivity contribution in [3.8, 4) is 0 Å². The molecule has 0 amide bonds. The van der Waals surface area contributed by atoms with Gasteiger partial charge in [-0.2, -0.15) is 0 Å². The minimum atomic E-state index is 0. The van der Waals surface area contributed by atoms with E-state index < -0.39 is 0 Å². The van der Waals surface area contributed by atoms with Crippen LogP contribution in [0.25, 0.3) is 0 Å². The molecule has 2 aliphatic rings. The van der Waals surface area contributed by atoms with Gasteiger partial charge < -0.3 is 5.32 Å².